The molecule has 2 saturated heterocycles. The highest BCUT2D eigenvalue weighted by atomic mass is 32.2. The third kappa shape index (κ3) is 5.29. The number of aliphatic hydroxyl groups excluding tert-OH is 1. The highest BCUT2D eigenvalue weighted by Crippen LogP contribution is 2.36. The van der Waals surface area contributed by atoms with Crippen LogP contribution in [0.15, 0.2) is 48.7 Å². The van der Waals surface area contributed by atoms with Crippen LogP contribution >= 0.6 is 0 Å². The summed E-state index contributed by atoms with van der Waals surface area (Å²) in [5.41, 5.74) is -0.183. The summed E-state index contributed by atoms with van der Waals surface area (Å²) in [5.74, 6) is -1.06. The van der Waals surface area contributed by atoms with Crippen molar-refractivity contribution >= 4 is 21.4 Å². The monoisotopic (exact) mass is 550 g/mol. The SMILES string of the molecule is O=C(c1c(C(F)(F)F)nn2ccc(C3CCN(S(=O)(=O)Cc4ccccc4)CC3)cc12)N1CCC(CO)C1. The maximum absolute atomic E-state index is 13.9. The number of nitrogens with zero attached hydrogens (tertiary/aromatic N) is 4. The summed E-state index contributed by atoms with van der Waals surface area (Å²) in [7, 11) is -3.50. The number of amides is 1. The van der Waals surface area contributed by atoms with Crippen molar-refractivity contribution in [2.24, 2.45) is 5.92 Å². The molecule has 2 aliphatic heterocycles. The minimum atomic E-state index is -4.81. The van der Waals surface area contributed by atoms with E-state index < -0.39 is 33.4 Å². The van der Waals surface area contributed by atoms with Crippen molar-refractivity contribution in [3.8, 4) is 0 Å². The smallest absolute Gasteiger partial charge is 0.396 e. The number of aliphatic hydroxyl groups is 1. The third-order valence-corrected chi connectivity index (χ3v) is 9.33. The third-order valence-electron chi connectivity index (χ3n) is 7.48. The Bertz CT molecular complexity index is 1420. The second kappa shape index (κ2) is 10.3. The summed E-state index contributed by atoms with van der Waals surface area (Å²) < 4.78 is 70.1. The van der Waals surface area contributed by atoms with Crippen molar-refractivity contribution in [1.29, 1.82) is 0 Å². The molecule has 8 nitrogen and oxygen atoms in total. The van der Waals surface area contributed by atoms with Crippen LogP contribution < -0.4 is 0 Å². The molecule has 2 aliphatic rings. The van der Waals surface area contributed by atoms with Crippen LogP contribution in [0, 0.1) is 5.92 Å². The summed E-state index contributed by atoms with van der Waals surface area (Å²) >= 11 is 0. The zero-order valence-corrected chi connectivity index (χ0v) is 21.5. The number of benzene rings is 1. The number of rotatable bonds is 6. The molecule has 1 atom stereocenters. The molecular formula is C26H29F3N4O4S. The zero-order valence-electron chi connectivity index (χ0n) is 20.6. The summed E-state index contributed by atoms with van der Waals surface area (Å²) in [6.45, 7) is 0.947. The van der Waals surface area contributed by atoms with Gasteiger partial charge in [0.25, 0.3) is 5.91 Å². The maximum Gasteiger partial charge on any atom is 0.436 e. The van der Waals surface area contributed by atoms with Crippen molar-refractivity contribution in [1.82, 2.24) is 18.8 Å². The highest BCUT2D eigenvalue weighted by Gasteiger charge is 2.42. The number of fused-ring (bicyclic) bond motifs is 1. The zero-order chi connectivity index (χ0) is 27.1. The molecule has 1 aromatic carbocycles. The summed E-state index contributed by atoms with van der Waals surface area (Å²) in [5, 5.41) is 13.1. The molecule has 2 fully saturated rings. The number of piperidine rings is 1. The fraction of sp³-hybridized carbons (Fsp3) is 0.462. The molecule has 12 heteroatoms. The fourth-order valence-electron chi connectivity index (χ4n) is 5.39. The molecule has 0 bridgehead atoms. The van der Waals surface area contributed by atoms with Gasteiger partial charge >= 0.3 is 6.18 Å². The lowest BCUT2D eigenvalue weighted by atomic mass is 9.90. The van der Waals surface area contributed by atoms with Gasteiger partial charge in [0.05, 0.1) is 16.8 Å². The van der Waals surface area contributed by atoms with E-state index in [9.17, 15) is 31.5 Å². The largest absolute Gasteiger partial charge is 0.436 e. The van der Waals surface area contributed by atoms with E-state index in [2.05, 4.69) is 5.10 Å². The van der Waals surface area contributed by atoms with Gasteiger partial charge in [-0.25, -0.2) is 17.2 Å². The Morgan fingerprint density at radius 3 is 2.39 bits per heavy atom. The molecule has 0 aliphatic carbocycles. The van der Waals surface area contributed by atoms with Crippen molar-refractivity contribution in [2.75, 3.05) is 32.8 Å². The van der Waals surface area contributed by atoms with Gasteiger partial charge in [-0.1, -0.05) is 30.3 Å². The molecule has 0 radical (unpaired) electrons. The highest BCUT2D eigenvalue weighted by molar-refractivity contribution is 7.88. The number of carbonyl (C=O) groups excluding carboxylic acids is 1. The van der Waals surface area contributed by atoms with Gasteiger partial charge in [-0.3, -0.25) is 4.79 Å². The van der Waals surface area contributed by atoms with Gasteiger partial charge in [-0.05, 0) is 48.4 Å². The molecule has 1 unspecified atom stereocenters. The molecule has 2 aromatic heterocycles. The molecule has 0 saturated carbocycles. The van der Waals surface area contributed by atoms with Crippen LogP contribution in [0.2, 0.25) is 0 Å². The minimum Gasteiger partial charge on any atom is -0.396 e. The molecular weight excluding hydrogens is 521 g/mol. The number of carbonyl (C=O) groups is 1. The van der Waals surface area contributed by atoms with Crippen LogP contribution in [0.3, 0.4) is 0 Å². The molecule has 5 rings (SSSR count). The number of aromatic nitrogens is 2. The normalized spacial score (nSPS) is 19.9. The molecule has 204 valence electrons. The maximum atomic E-state index is 13.9. The topological polar surface area (TPSA) is 95.2 Å². The van der Waals surface area contributed by atoms with Gasteiger partial charge < -0.3 is 10.0 Å². The molecule has 0 spiro atoms. The summed E-state index contributed by atoms with van der Waals surface area (Å²) in [6.07, 6.45) is -1.84. The predicted octanol–water partition coefficient (Wildman–Crippen LogP) is 3.52. The van der Waals surface area contributed by atoms with E-state index in [-0.39, 0.29) is 42.8 Å². The average molecular weight is 551 g/mol. The molecule has 1 amide bonds. The van der Waals surface area contributed by atoms with Crippen LogP contribution in [0.5, 0.6) is 0 Å². The number of hydrogen-bond donors (Lipinski definition) is 1. The van der Waals surface area contributed by atoms with Crippen molar-refractivity contribution in [3.63, 3.8) is 0 Å². The van der Waals surface area contributed by atoms with Gasteiger partial charge in [0.1, 0.15) is 0 Å². The van der Waals surface area contributed by atoms with Crippen molar-refractivity contribution in [3.05, 3.63) is 71.0 Å². The lowest BCUT2D eigenvalue weighted by Crippen LogP contribution is -2.38. The van der Waals surface area contributed by atoms with Gasteiger partial charge in [-0.15, -0.1) is 0 Å². The lowest BCUT2D eigenvalue weighted by molar-refractivity contribution is -0.141. The Hall–Kier alpha value is -2.96. The van der Waals surface area contributed by atoms with Crippen LogP contribution in [0.25, 0.3) is 5.52 Å². The first-order valence-electron chi connectivity index (χ1n) is 12.6. The molecule has 38 heavy (non-hydrogen) atoms. The van der Waals surface area contributed by atoms with E-state index in [4.69, 9.17) is 0 Å². The van der Waals surface area contributed by atoms with Crippen LogP contribution in [0.1, 0.15) is 52.4 Å². The average Bonchev–Trinajstić information content (AvgIpc) is 3.53. The van der Waals surface area contributed by atoms with E-state index in [1.807, 2.05) is 6.07 Å². The van der Waals surface area contributed by atoms with Crippen LogP contribution in [-0.2, 0) is 22.0 Å². The van der Waals surface area contributed by atoms with Crippen LogP contribution in [0.4, 0.5) is 13.2 Å². The van der Waals surface area contributed by atoms with E-state index in [0.29, 0.717) is 37.9 Å². The number of hydrogen-bond acceptors (Lipinski definition) is 5. The first-order valence-corrected chi connectivity index (χ1v) is 14.2. The fourth-order valence-corrected chi connectivity index (χ4v) is 6.96. The second-order valence-corrected chi connectivity index (χ2v) is 12.0. The molecule has 4 heterocycles. The number of halogens is 3. The molecule has 1 N–H and O–H groups in total. The Morgan fingerprint density at radius 2 is 1.76 bits per heavy atom. The van der Waals surface area contributed by atoms with Crippen molar-refractivity contribution in [2.45, 2.75) is 37.1 Å². The van der Waals surface area contributed by atoms with E-state index in [1.165, 1.54) is 15.4 Å². The first kappa shape index (κ1) is 26.6. The van der Waals surface area contributed by atoms with E-state index >= 15 is 0 Å². The summed E-state index contributed by atoms with van der Waals surface area (Å²) in [6, 6.07) is 12.2. The Balaban J connectivity index is 1.38. The predicted molar refractivity (Wildman–Crippen MR) is 134 cm³/mol. The quantitative estimate of drug-likeness (QED) is 0.507. The van der Waals surface area contributed by atoms with Gasteiger partial charge in [-0.2, -0.15) is 18.3 Å². The van der Waals surface area contributed by atoms with Gasteiger partial charge in [0.2, 0.25) is 10.0 Å². The number of pyridine rings is 1. The number of sulfonamides is 1. The number of alkyl halides is 3. The van der Waals surface area contributed by atoms with Crippen LogP contribution in [-0.4, -0.2) is 71.0 Å². The Kier molecular flexibility index (Phi) is 7.23. The first-order chi connectivity index (χ1) is 18.1. The van der Waals surface area contributed by atoms with Gasteiger partial charge in [0, 0.05) is 44.9 Å². The Labute approximate surface area is 218 Å². The number of likely N-dealkylation sites (tertiary alicyclic amines) is 1. The van der Waals surface area contributed by atoms with E-state index in [1.54, 1.807) is 36.4 Å². The van der Waals surface area contributed by atoms with Gasteiger partial charge in [0.15, 0.2) is 5.69 Å². The Morgan fingerprint density at radius 1 is 1.05 bits per heavy atom. The lowest BCUT2D eigenvalue weighted by Gasteiger charge is -2.31. The summed E-state index contributed by atoms with van der Waals surface area (Å²) in [4.78, 5) is 14.6. The standard InChI is InChI=1S/C26H29F3N4O4S/c27-26(28,29)24-23(25(35)31-10-6-19(15-31)16-34)22-14-21(9-13-33(22)30-24)20-7-11-32(12-8-20)38(36,37)17-18-4-2-1-3-5-18/h1-5,9,13-14,19-20,34H,6-8,10-12,15-17H2. The minimum absolute atomic E-state index is 0.0686. The van der Waals surface area contributed by atoms with Crippen molar-refractivity contribution < 1.29 is 31.5 Å². The molecule has 3 aromatic rings. The van der Waals surface area contributed by atoms with E-state index in [0.717, 1.165) is 10.1 Å². The second-order valence-electron chi connectivity index (χ2n) is 10.0.